The van der Waals surface area contributed by atoms with Gasteiger partial charge in [-0.1, -0.05) is 0 Å². The molecule has 4 nitrogen and oxygen atoms in total. The Morgan fingerprint density at radius 1 is 1.69 bits per heavy atom. The summed E-state index contributed by atoms with van der Waals surface area (Å²) in [5, 5.41) is 3.17. The standard InChI is InChI=1S/C11H17N3OS/c1-2-14-5-4-12-10(11(14)15)13-7-9-3-6-16-8-9/h4-5,9H,2-3,6-8H2,1H3,(H,12,13). The summed E-state index contributed by atoms with van der Waals surface area (Å²) >= 11 is 1.99. The van der Waals surface area contributed by atoms with Crippen LogP contribution in [0.25, 0.3) is 0 Å². The second-order valence-electron chi connectivity index (χ2n) is 3.98. The smallest absolute Gasteiger partial charge is 0.293 e. The summed E-state index contributed by atoms with van der Waals surface area (Å²) in [5.41, 5.74) is -0.0179. The predicted octanol–water partition coefficient (Wildman–Crippen LogP) is 1.43. The SMILES string of the molecule is CCn1ccnc(NCC2CCSC2)c1=O. The van der Waals surface area contributed by atoms with Crippen molar-refractivity contribution in [3.8, 4) is 0 Å². The molecule has 1 N–H and O–H groups in total. The highest BCUT2D eigenvalue weighted by Gasteiger charge is 2.15. The lowest BCUT2D eigenvalue weighted by Crippen LogP contribution is -2.26. The maximum atomic E-state index is 11.8. The minimum atomic E-state index is -0.0179. The fourth-order valence-corrected chi connectivity index (χ4v) is 3.09. The van der Waals surface area contributed by atoms with Gasteiger partial charge in [-0.15, -0.1) is 0 Å². The van der Waals surface area contributed by atoms with Crippen molar-refractivity contribution in [3.63, 3.8) is 0 Å². The summed E-state index contributed by atoms with van der Waals surface area (Å²) in [6.45, 7) is 3.51. The number of nitrogens with one attached hydrogen (secondary N) is 1. The molecule has 1 aromatic rings. The van der Waals surface area contributed by atoms with E-state index in [9.17, 15) is 4.79 Å². The van der Waals surface area contributed by atoms with Crippen molar-refractivity contribution < 1.29 is 0 Å². The zero-order valence-corrected chi connectivity index (χ0v) is 10.3. The number of thioether (sulfide) groups is 1. The largest absolute Gasteiger partial charge is 0.365 e. The molecule has 2 heterocycles. The Morgan fingerprint density at radius 3 is 3.25 bits per heavy atom. The lowest BCUT2D eigenvalue weighted by atomic mass is 10.1. The molecule has 0 radical (unpaired) electrons. The van der Waals surface area contributed by atoms with E-state index in [0.717, 1.165) is 6.54 Å². The summed E-state index contributed by atoms with van der Waals surface area (Å²) in [5.74, 6) is 3.61. The van der Waals surface area contributed by atoms with Gasteiger partial charge in [0.05, 0.1) is 0 Å². The van der Waals surface area contributed by atoms with E-state index in [2.05, 4.69) is 10.3 Å². The van der Waals surface area contributed by atoms with Crippen LogP contribution in [0.1, 0.15) is 13.3 Å². The van der Waals surface area contributed by atoms with Crippen LogP contribution in [0.5, 0.6) is 0 Å². The van der Waals surface area contributed by atoms with Crippen LogP contribution in [-0.4, -0.2) is 27.6 Å². The van der Waals surface area contributed by atoms with Crippen molar-refractivity contribution in [1.82, 2.24) is 9.55 Å². The number of nitrogens with zero attached hydrogens (tertiary/aromatic N) is 2. The van der Waals surface area contributed by atoms with E-state index in [0.29, 0.717) is 18.3 Å². The van der Waals surface area contributed by atoms with Crippen molar-refractivity contribution in [2.45, 2.75) is 19.9 Å². The first-order chi connectivity index (χ1) is 7.81. The minimum absolute atomic E-state index is 0.0179. The van der Waals surface area contributed by atoms with E-state index < -0.39 is 0 Å². The zero-order valence-electron chi connectivity index (χ0n) is 9.48. The predicted molar refractivity (Wildman–Crippen MR) is 68.1 cm³/mol. The first-order valence-electron chi connectivity index (χ1n) is 5.68. The van der Waals surface area contributed by atoms with Gasteiger partial charge >= 0.3 is 0 Å². The molecular formula is C11H17N3OS. The molecule has 88 valence electrons. The maximum absolute atomic E-state index is 11.8. The Bertz CT molecular complexity index is 398. The minimum Gasteiger partial charge on any atom is -0.365 e. The van der Waals surface area contributed by atoms with E-state index >= 15 is 0 Å². The highest BCUT2D eigenvalue weighted by Crippen LogP contribution is 2.23. The topological polar surface area (TPSA) is 46.9 Å². The van der Waals surface area contributed by atoms with Crippen LogP contribution in [0.4, 0.5) is 5.82 Å². The van der Waals surface area contributed by atoms with Crippen molar-refractivity contribution in [1.29, 1.82) is 0 Å². The van der Waals surface area contributed by atoms with Crippen LogP contribution >= 0.6 is 11.8 Å². The van der Waals surface area contributed by atoms with Gasteiger partial charge in [0.2, 0.25) is 0 Å². The molecule has 0 amide bonds. The first-order valence-corrected chi connectivity index (χ1v) is 6.83. The monoisotopic (exact) mass is 239 g/mol. The van der Waals surface area contributed by atoms with Gasteiger partial charge in [0.25, 0.3) is 5.56 Å². The molecule has 1 aliphatic heterocycles. The van der Waals surface area contributed by atoms with Crippen molar-refractivity contribution in [2.75, 3.05) is 23.4 Å². The van der Waals surface area contributed by atoms with E-state index in [4.69, 9.17) is 0 Å². The molecule has 1 aromatic heterocycles. The summed E-state index contributed by atoms with van der Waals surface area (Å²) in [7, 11) is 0. The molecule has 0 saturated carbocycles. The van der Waals surface area contributed by atoms with Gasteiger partial charge in [0.15, 0.2) is 5.82 Å². The number of aromatic nitrogens is 2. The normalized spacial score (nSPS) is 19.9. The Kier molecular flexibility index (Phi) is 3.88. The molecule has 0 aliphatic carbocycles. The van der Waals surface area contributed by atoms with Gasteiger partial charge in [-0.3, -0.25) is 4.79 Å². The first kappa shape index (κ1) is 11.5. The molecule has 1 atom stereocenters. The summed E-state index contributed by atoms with van der Waals surface area (Å²) in [4.78, 5) is 15.9. The molecule has 0 spiro atoms. The van der Waals surface area contributed by atoms with Crippen LogP contribution in [0, 0.1) is 5.92 Å². The van der Waals surface area contributed by atoms with E-state index in [1.807, 2.05) is 18.7 Å². The third kappa shape index (κ3) is 2.58. The average Bonchev–Trinajstić information content (AvgIpc) is 2.81. The molecule has 1 unspecified atom stereocenters. The van der Waals surface area contributed by atoms with Crippen LogP contribution < -0.4 is 10.9 Å². The fraction of sp³-hybridized carbons (Fsp3) is 0.636. The molecule has 16 heavy (non-hydrogen) atoms. The van der Waals surface area contributed by atoms with Gasteiger partial charge in [-0.05, 0) is 30.8 Å². The number of hydrogen-bond acceptors (Lipinski definition) is 4. The van der Waals surface area contributed by atoms with Crippen molar-refractivity contribution in [2.24, 2.45) is 5.92 Å². The van der Waals surface area contributed by atoms with Gasteiger partial charge in [0.1, 0.15) is 0 Å². The summed E-state index contributed by atoms with van der Waals surface area (Å²) in [6, 6.07) is 0. The second kappa shape index (κ2) is 5.39. The molecule has 1 saturated heterocycles. The van der Waals surface area contributed by atoms with Gasteiger partial charge in [-0.2, -0.15) is 11.8 Å². The second-order valence-corrected chi connectivity index (χ2v) is 5.13. The van der Waals surface area contributed by atoms with E-state index in [1.54, 1.807) is 17.0 Å². The third-order valence-electron chi connectivity index (χ3n) is 2.84. The van der Waals surface area contributed by atoms with Gasteiger partial charge in [0, 0.05) is 25.5 Å². The fourth-order valence-electron chi connectivity index (χ4n) is 1.80. The Hall–Kier alpha value is -0.970. The molecule has 0 bridgehead atoms. The van der Waals surface area contributed by atoms with Crippen LogP contribution in [0.2, 0.25) is 0 Å². The molecule has 2 rings (SSSR count). The Morgan fingerprint density at radius 2 is 2.56 bits per heavy atom. The van der Waals surface area contributed by atoms with E-state index in [-0.39, 0.29) is 5.56 Å². The number of hydrogen-bond donors (Lipinski definition) is 1. The lowest BCUT2D eigenvalue weighted by Gasteiger charge is -2.10. The van der Waals surface area contributed by atoms with E-state index in [1.165, 1.54) is 17.9 Å². The highest BCUT2D eigenvalue weighted by molar-refractivity contribution is 7.99. The Balaban J connectivity index is 2.00. The zero-order chi connectivity index (χ0) is 11.4. The molecule has 0 aromatic carbocycles. The Labute approximate surface area is 99.5 Å². The number of aryl methyl sites for hydroxylation is 1. The highest BCUT2D eigenvalue weighted by atomic mass is 32.2. The van der Waals surface area contributed by atoms with Gasteiger partial charge < -0.3 is 9.88 Å². The maximum Gasteiger partial charge on any atom is 0.293 e. The van der Waals surface area contributed by atoms with Crippen LogP contribution in [0.15, 0.2) is 17.2 Å². The van der Waals surface area contributed by atoms with Crippen LogP contribution in [0.3, 0.4) is 0 Å². The number of anilines is 1. The molecule has 1 aliphatic rings. The number of rotatable bonds is 4. The quantitative estimate of drug-likeness (QED) is 0.863. The summed E-state index contributed by atoms with van der Waals surface area (Å²) < 4.78 is 1.67. The van der Waals surface area contributed by atoms with Crippen molar-refractivity contribution >= 4 is 17.6 Å². The third-order valence-corrected chi connectivity index (χ3v) is 4.07. The molecule has 1 fully saturated rings. The van der Waals surface area contributed by atoms with Crippen molar-refractivity contribution in [3.05, 3.63) is 22.7 Å². The average molecular weight is 239 g/mol. The van der Waals surface area contributed by atoms with Gasteiger partial charge in [-0.25, -0.2) is 4.98 Å². The summed E-state index contributed by atoms with van der Waals surface area (Å²) in [6.07, 6.45) is 4.64. The lowest BCUT2D eigenvalue weighted by molar-refractivity contribution is 0.627. The van der Waals surface area contributed by atoms with Crippen LogP contribution in [-0.2, 0) is 6.54 Å². The molecule has 5 heteroatoms. The molecular weight excluding hydrogens is 222 g/mol.